The molecule has 0 N–H and O–H groups in total. The summed E-state index contributed by atoms with van der Waals surface area (Å²) in [6.07, 6.45) is 0. The van der Waals surface area contributed by atoms with Crippen molar-refractivity contribution in [3.05, 3.63) is 266 Å². The fourth-order valence-corrected chi connectivity index (χ4v) is 13.5. The molecule has 0 spiro atoms. The van der Waals surface area contributed by atoms with Crippen molar-refractivity contribution in [2.24, 2.45) is 0 Å². The maximum absolute atomic E-state index is 7.06. The molecular formula is C80H56N2O4. The van der Waals surface area contributed by atoms with Gasteiger partial charge in [0.2, 0.25) is 0 Å². The van der Waals surface area contributed by atoms with E-state index in [0.717, 1.165) is 166 Å². The Morgan fingerprint density at radius 1 is 0.256 bits per heavy atom. The zero-order valence-corrected chi connectivity index (χ0v) is 47.9. The Kier molecular flexibility index (Phi) is 11.2. The molecule has 0 saturated carbocycles. The lowest BCUT2D eigenvalue weighted by molar-refractivity contribution is 0.668. The van der Waals surface area contributed by atoms with Crippen molar-refractivity contribution in [3.63, 3.8) is 0 Å². The molecule has 6 heteroatoms. The summed E-state index contributed by atoms with van der Waals surface area (Å²) in [4.78, 5) is 4.92. The number of fused-ring (bicyclic) bond motifs is 14. The van der Waals surface area contributed by atoms with Gasteiger partial charge in [-0.2, -0.15) is 0 Å². The van der Waals surface area contributed by atoms with Crippen LogP contribution in [0.25, 0.3) is 132 Å². The first kappa shape index (κ1) is 49.8. The van der Waals surface area contributed by atoms with E-state index in [1.165, 1.54) is 11.1 Å². The largest absolute Gasteiger partial charge is 0.455 e. The van der Waals surface area contributed by atoms with E-state index in [9.17, 15) is 0 Å². The molecule has 4 heterocycles. The van der Waals surface area contributed by atoms with Crippen LogP contribution in [0.1, 0.15) is 50.7 Å². The van der Waals surface area contributed by atoms with Gasteiger partial charge in [-0.1, -0.05) is 210 Å². The normalized spacial score (nSPS) is 12.2. The highest BCUT2D eigenvalue weighted by Gasteiger charge is 2.30. The summed E-state index contributed by atoms with van der Waals surface area (Å²) >= 11 is 0. The number of para-hydroxylation sites is 8. The molecule has 0 aliphatic rings. The summed E-state index contributed by atoms with van der Waals surface area (Å²) < 4.78 is 27.4. The fraction of sp³-hybridized carbons (Fsp3) is 0.0750. The van der Waals surface area contributed by atoms with Crippen molar-refractivity contribution in [2.75, 3.05) is 9.80 Å². The van der Waals surface area contributed by atoms with E-state index in [4.69, 9.17) is 17.7 Å². The SMILES string of the molecule is CC(C)c1ccc2c(N(c3ccc(-c4cccc5c4oc4ccccc45)cc3)c3cccc4c3oc3ccccc34)c3cc(C(C)C)ccc3c(N(c3ccc(-c4cccc5c4oc4ccccc45)cc3)c3cccc4c3oc3ccccc34)c2c1. The van der Waals surface area contributed by atoms with Gasteiger partial charge in [0, 0.05) is 87.1 Å². The van der Waals surface area contributed by atoms with E-state index in [-0.39, 0.29) is 11.8 Å². The standard InChI is InChI=1S/C80H56N2O4/c1-47(2)51-37-43-61-67(45-51)75(81(69-27-15-25-65-59-19-7-11-31-73(59)85-79(65)69)53-39-33-49(34-40-53)55-21-13-23-63-57-17-5-9-29-71(57)83-77(55)63)62-44-38-52(48(3)4)46-68(62)76(61)82(70-28-16-26-66-60-20-8-12-32-74(60)86-80(66)70)54-41-35-50(36-42-54)56-22-14-24-64-58-18-6-10-30-72(58)84-78(56)64/h5-48H,1-4H3. The van der Waals surface area contributed by atoms with Crippen molar-refractivity contribution < 1.29 is 17.7 Å². The number of rotatable bonds is 10. The van der Waals surface area contributed by atoms with Crippen molar-refractivity contribution in [1.82, 2.24) is 0 Å². The van der Waals surface area contributed by atoms with Gasteiger partial charge < -0.3 is 27.5 Å². The average Bonchev–Trinajstić information content (AvgIpc) is 0.852. The van der Waals surface area contributed by atoms with Crippen molar-refractivity contribution in [2.45, 2.75) is 39.5 Å². The van der Waals surface area contributed by atoms with Gasteiger partial charge in [0.05, 0.1) is 22.7 Å². The quantitative estimate of drug-likeness (QED) is 0.100. The number of benzene rings is 13. The molecule has 86 heavy (non-hydrogen) atoms. The molecule has 17 rings (SSSR count). The second-order valence-corrected chi connectivity index (χ2v) is 23.4. The molecule has 0 saturated heterocycles. The second-order valence-electron chi connectivity index (χ2n) is 23.4. The van der Waals surface area contributed by atoms with Crippen molar-refractivity contribution >= 4 is 143 Å². The van der Waals surface area contributed by atoms with Crippen LogP contribution in [0.15, 0.2) is 272 Å². The summed E-state index contributed by atoms with van der Waals surface area (Å²) in [7, 11) is 0. The molecule has 6 nitrogen and oxygen atoms in total. The molecule has 4 aromatic heterocycles. The van der Waals surface area contributed by atoms with Crippen LogP contribution in [-0.2, 0) is 0 Å². The molecule has 0 atom stereocenters. The van der Waals surface area contributed by atoms with Gasteiger partial charge in [-0.25, -0.2) is 0 Å². The fourth-order valence-electron chi connectivity index (χ4n) is 13.5. The summed E-state index contributed by atoms with van der Waals surface area (Å²) in [5.41, 5.74) is 19.4. The van der Waals surface area contributed by atoms with E-state index in [1.807, 2.05) is 24.3 Å². The summed E-state index contributed by atoms with van der Waals surface area (Å²) in [5.74, 6) is 0.456. The molecule has 13 aromatic carbocycles. The first-order valence-corrected chi connectivity index (χ1v) is 29.8. The molecule has 0 radical (unpaired) electrons. The predicted molar refractivity (Wildman–Crippen MR) is 359 cm³/mol. The maximum Gasteiger partial charge on any atom is 0.159 e. The maximum atomic E-state index is 7.06. The van der Waals surface area contributed by atoms with Crippen LogP contribution in [0.3, 0.4) is 0 Å². The number of nitrogens with zero attached hydrogens (tertiary/aromatic N) is 2. The van der Waals surface area contributed by atoms with E-state index in [1.54, 1.807) is 0 Å². The lowest BCUT2D eigenvalue weighted by Gasteiger charge is -2.33. The van der Waals surface area contributed by atoms with Crippen LogP contribution >= 0.6 is 0 Å². The van der Waals surface area contributed by atoms with Gasteiger partial charge in [0.15, 0.2) is 11.2 Å². The molecule has 0 amide bonds. The monoisotopic (exact) mass is 1110 g/mol. The average molecular weight is 1110 g/mol. The zero-order chi connectivity index (χ0) is 57.3. The van der Waals surface area contributed by atoms with E-state index < -0.39 is 0 Å². The van der Waals surface area contributed by atoms with Gasteiger partial charge in [-0.05, 0) is 107 Å². The Bertz CT molecular complexity index is 5210. The van der Waals surface area contributed by atoms with Crippen LogP contribution < -0.4 is 9.80 Å². The first-order chi connectivity index (χ1) is 42.3. The Morgan fingerprint density at radius 3 is 0.930 bits per heavy atom. The smallest absolute Gasteiger partial charge is 0.159 e. The minimum Gasteiger partial charge on any atom is -0.455 e. The van der Waals surface area contributed by atoms with Crippen LogP contribution in [0.5, 0.6) is 0 Å². The second kappa shape index (κ2) is 19.4. The topological polar surface area (TPSA) is 59.0 Å². The van der Waals surface area contributed by atoms with E-state index in [2.05, 4.69) is 268 Å². The molecule has 410 valence electrons. The number of furan rings is 4. The van der Waals surface area contributed by atoms with Gasteiger partial charge in [0.1, 0.15) is 33.5 Å². The summed E-state index contributed by atoms with van der Waals surface area (Å²) in [5, 5.41) is 13.0. The molecule has 0 unspecified atom stereocenters. The van der Waals surface area contributed by atoms with E-state index >= 15 is 0 Å². The highest BCUT2D eigenvalue weighted by Crippen LogP contribution is 2.55. The van der Waals surface area contributed by atoms with Crippen molar-refractivity contribution in [1.29, 1.82) is 0 Å². The zero-order valence-electron chi connectivity index (χ0n) is 47.9. The third kappa shape index (κ3) is 7.65. The lowest BCUT2D eigenvalue weighted by Crippen LogP contribution is -2.15. The molecule has 0 aliphatic carbocycles. The van der Waals surface area contributed by atoms with Gasteiger partial charge in [-0.15, -0.1) is 0 Å². The minimum atomic E-state index is 0.228. The van der Waals surface area contributed by atoms with Crippen LogP contribution in [-0.4, -0.2) is 0 Å². The Hall–Kier alpha value is -10.8. The van der Waals surface area contributed by atoms with Crippen LogP contribution in [0, 0.1) is 0 Å². The highest BCUT2D eigenvalue weighted by atomic mass is 16.3. The third-order valence-corrected chi connectivity index (χ3v) is 17.8. The minimum absolute atomic E-state index is 0.228. The summed E-state index contributed by atoms with van der Waals surface area (Å²) in [6, 6.07) is 91.7. The highest BCUT2D eigenvalue weighted by molar-refractivity contribution is 6.26. The Morgan fingerprint density at radius 2 is 0.570 bits per heavy atom. The third-order valence-electron chi connectivity index (χ3n) is 17.8. The van der Waals surface area contributed by atoms with Gasteiger partial charge in [0.25, 0.3) is 0 Å². The lowest BCUT2D eigenvalue weighted by atomic mass is 9.90. The molecule has 0 bridgehead atoms. The first-order valence-electron chi connectivity index (χ1n) is 29.8. The molecule has 0 aliphatic heterocycles. The van der Waals surface area contributed by atoms with Crippen LogP contribution in [0.4, 0.5) is 34.1 Å². The van der Waals surface area contributed by atoms with Gasteiger partial charge in [-0.3, -0.25) is 0 Å². The van der Waals surface area contributed by atoms with Crippen LogP contribution in [0.2, 0.25) is 0 Å². The van der Waals surface area contributed by atoms with Gasteiger partial charge >= 0.3 is 0 Å². The number of anilines is 6. The molecule has 17 aromatic rings. The number of hydrogen-bond donors (Lipinski definition) is 0. The number of hydrogen-bond acceptors (Lipinski definition) is 6. The Labute approximate surface area is 495 Å². The Balaban J connectivity index is 0.959. The predicted octanol–water partition coefficient (Wildman–Crippen LogP) is 24.1. The molecule has 0 fully saturated rings. The van der Waals surface area contributed by atoms with Crippen molar-refractivity contribution in [3.8, 4) is 22.3 Å². The summed E-state index contributed by atoms with van der Waals surface area (Å²) in [6.45, 7) is 9.14. The van der Waals surface area contributed by atoms with E-state index in [0.29, 0.717) is 0 Å². The molecular weight excluding hydrogens is 1050 g/mol.